The second-order valence-corrected chi connectivity index (χ2v) is 12.0. The summed E-state index contributed by atoms with van der Waals surface area (Å²) in [5.74, 6) is 1.65. The second-order valence-electron chi connectivity index (χ2n) is 10.8. The summed E-state index contributed by atoms with van der Waals surface area (Å²) in [5.41, 5.74) is 0.743. The van der Waals surface area contributed by atoms with Gasteiger partial charge in [0.15, 0.2) is 11.2 Å². The Morgan fingerprint density at radius 2 is 1.72 bits per heavy atom. The molecule has 2 aromatic heterocycles. The number of unbranched alkanes of at least 4 members (excludes halogenated alkanes) is 9. The molecule has 4 rings (SSSR count). The summed E-state index contributed by atoms with van der Waals surface area (Å²) in [7, 11) is 1.83. The summed E-state index contributed by atoms with van der Waals surface area (Å²) >= 11 is 1.93. The molecule has 11 nitrogen and oxygen atoms in total. The quantitative estimate of drug-likeness (QED) is 0.139. The Hall–Kier alpha value is -2.76. The van der Waals surface area contributed by atoms with Crippen LogP contribution in [0.5, 0.6) is 0 Å². The predicted octanol–water partition coefficient (Wildman–Crippen LogP) is 3.42. The van der Waals surface area contributed by atoms with Gasteiger partial charge in [-0.3, -0.25) is 14.6 Å². The Balaban J connectivity index is 0.903. The van der Waals surface area contributed by atoms with Gasteiger partial charge in [0.1, 0.15) is 0 Å². The molecule has 0 unspecified atom stereocenters. The average Bonchev–Trinajstić information content (AvgIpc) is 3.59. The van der Waals surface area contributed by atoms with E-state index < -0.39 is 0 Å². The van der Waals surface area contributed by atoms with Crippen LogP contribution < -0.4 is 26.8 Å². The normalized spacial score (nSPS) is 20.1. The number of hydrogen-bond acceptors (Lipinski definition) is 7. The van der Waals surface area contributed by atoms with Gasteiger partial charge in [-0.2, -0.15) is 16.7 Å². The fraction of sp³-hybridized carbons (Fsp3) is 0.741. The first kappa shape index (κ1) is 29.2. The molecule has 0 aliphatic carbocycles. The number of nitrogens with one attached hydrogen (secondary N) is 5. The van der Waals surface area contributed by atoms with E-state index in [1.54, 1.807) is 10.9 Å². The molecular weight excluding hydrogens is 516 g/mol. The van der Waals surface area contributed by atoms with Gasteiger partial charge in [-0.25, -0.2) is 9.78 Å². The van der Waals surface area contributed by atoms with Crippen molar-refractivity contribution >= 4 is 40.8 Å². The third-order valence-corrected chi connectivity index (χ3v) is 9.13. The number of nitrogens with zero attached hydrogens (tertiary/aromatic N) is 3. The first-order valence-corrected chi connectivity index (χ1v) is 15.7. The molecule has 2 aliphatic rings. The van der Waals surface area contributed by atoms with Crippen LogP contribution >= 0.6 is 11.8 Å². The molecular formula is C27H44N8O3S. The number of carbonyl (C=O) groups excluding carboxylic acids is 2. The molecule has 3 atom stereocenters. The number of rotatable bonds is 18. The summed E-state index contributed by atoms with van der Waals surface area (Å²) in [4.78, 5) is 46.8. The number of thioether (sulfide) groups is 1. The van der Waals surface area contributed by atoms with Crippen molar-refractivity contribution in [3.63, 3.8) is 0 Å². The minimum absolute atomic E-state index is 0.0375. The van der Waals surface area contributed by atoms with Crippen LogP contribution in [0.3, 0.4) is 0 Å². The third kappa shape index (κ3) is 8.87. The van der Waals surface area contributed by atoms with E-state index in [0.717, 1.165) is 63.8 Å². The van der Waals surface area contributed by atoms with Crippen LogP contribution in [0.15, 0.2) is 11.1 Å². The molecule has 2 aromatic rings. The average molecular weight is 561 g/mol. The minimum atomic E-state index is -0.214. The maximum Gasteiger partial charge on any atom is 0.315 e. The van der Waals surface area contributed by atoms with Crippen LogP contribution in [0, 0.1) is 0 Å². The fourth-order valence-electron chi connectivity index (χ4n) is 5.38. The zero-order valence-electron chi connectivity index (χ0n) is 23.1. The monoisotopic (exact) mass is 560 g/mol. The lowest BCUT2D eigenvalue weighted by Gasteiger charge is -2.16. The molecule has 0 aromatic carbocycles. The molecule has 3 amide bonds. The Morgan fingerprint density at radius 1 is 1.00 bits per heavy atom. The van der Waals surface area contributed by atoms with Crippen molar-refractivity contribution < 1.29 is 9.59 Å². The number of amides is 3. The molecule has 5 N–H and O–H groups in total. The van der Waals surface area contributed by atoms with Gasteiger partial charge in [0.2, 0.25) is 11.9 Å². The Bertz CT molecular complexity index is 1140. The molecule has 2 aliphatic heterocycles. The van der Waals surface area contributed by atoms with Gasteiger partial charge in [0, 0.05) is 37.6 Å². The number of aromatic amines is 1. The topological polar surface area (TPSA) is 146 Å². The molecule has 4 heterocycles. The summed E-state index contributed by atoms with van der Waals surface area (Å²) in [5, 5.41) is 12.7. The molecule has 0 saturated carbocycles. The van der Waals surface area contributed by atoms with E-state index >= 15 is 0 Å². The van der Waals surface area contributed by atoms with Crippen molar-refractivity contribution in [3.8, 4) is 0 Å². The lowest BCUT2D eigenvalue weighted by atomic mass is 10.0. The maximum absolute atomic E-state index is 12.1. The zero-order chi connectivity index (χ0) is 27.5. The van der Waals surface area contributed by atoms with Crippen LogP contribution in [0.25, 0.3) is 11.2 Å². The number of aromatic nitrogens is 4. The SMILES string of the molecule is Cn1cnc2c(=O)[nH]c(NCCCCCCCCCCCNC(=O)CCCC[C@H]3SC[C@H]4NC(=O)N[C@H]43)nc21. The number of urea groups is 1. The second kappa shape index (κ2) is 15.1. The van der Waals surface area contributed by atoms with E-state index in [0.29, 0.717) is 28.8 Å². The van der Waals surface area contributed by atoms with Gasteiger partial charge < -0.3 is 25.8 Å². The van der Waals surface area contributed by atoms with Crippen molar-refractivity contribution in [2.45, 2.75) is 101 Å². The molecule has 12 heteroatoms. The molecule has 0 radical (unpaired) electrons. The van der Waals surface area contributed by atoms with E-state index in [4.69, 9.17) is 0 Å². The van der Waals surface area contributed by atoms with Crippen LogP contribution in [0.4, 0.5) is 10.7 Å². The Kier molecular flexibility index (Phi) is 11.3. The summed E-state index contributed by atoms with van der Waals surface area (Å²) in [6.07, 6.45) is 15.8. The molecule has 0 spiro atoms. The molecule has 2 fully saturated rings. The zero-order valence-corrected chi connectivity index (χ0v) is 23.9. The van der Waals surface area contributed by atoms with Gasteiger partial charge in [0.25, 0.3) is 5.56 Å². The number of H-pyrrole nitrogens is 1. The van der Waals surface area contributed by atoms with Crippen LogP contribution in [-0.4, -0.2) is 67.6 Å². The molecule has 39 heavy (non-hydrogen) atoms. The van der Waals surface area contributed by atoms with Crippen molar-refractivity contribution in [1.29, 1.82) is 0 Å². The summed E-state index contributed by atoms with van der Waals surface area (Å²) in [6.45, 7) is 1.56. The largest absolute Gasteiger partial charge is 0.356 e. The number of aryl methyl sites for hydroxylation is 1. The summed E-state index contributed by atoms with van der Waals surface area (Å²) in [6, 6.07) is 0.492. The van der Waals surface area contributed by atoms with Crippen LogP contribution in [0.2, 0.25) is 0 Å². The lowest BCUT2D eigenvalue weighted by Crippen LogP contribution is -2.36. The highest BCUT2D eigenvalue weighted by Crippen LogP contribution is 2.33. The highest BCUT2D eigenvalue weighted by Gasteiger charge is 2.42. The van der Waals surface area contributed by atoms with Crippen LogP contribution in [0.1, 0.15) is 83.5 Å². The van der Waals surface area contributed by atoms with E-state index in [2.05, 4.69) is 36.2 Å². The number of fused-ring (bicyclic) bond motifs is 2. The van der Waals surface area contributed by atoms with E-state index in [1.165, 1.54) is 32.1 Å². The number of hydrogen-bond donors (Lipinski definition) is 5. The Morgan fingerprint density at radius 3 is 2.49 bits per heavy atom. The first-order chi connectivity index (χ1) is 19.0. The van der Waals surface area contributed by atoms with Gasteiger partial charge in [-0.15, -0.1) is 0 Å². The van der Waals surface area contributed by atoms with Crippen LogP contribution in [-0.2, 0) is 11.8 Å². The van der Waals surface area contributed by atoms with Gasteiger partial charge in [-0.05, 0) is 25.7 Å². The fourth-order valence-corrected chi connectivity index (χ4v) is 6.93. The van der Waals surface area contributed by atoms with E-state index in [9.17, 15) is 14.4 Å². The first-order valence-electron chi connectivity index (χ1n) is 14.6. The molecule has 216 valence electrons. The van der Waals surface area contributed by atoms with Gasteiger partial charge >= 0.3 is 6.03 Å². The molecule has 0 bridgehead atoms. The van der Waals surface area contributed by atoms with Crippen molar-refractivity contribution in [2.75, 3.05) is 24.2 Å². The minimum Gasteiger partial charge on any atom is -0.356 e. The van der Waals surface area contributed by atoms with E-state index in [-0.39, 0.29) is 29.6 Å². The lowest BCUT2D eigenvalue weighted by molar-refractivity contribution is -0.121. The summed E-state index contributed by atoms with van der Waals surface area (Å²) < 4.78 is 1.75. The van der Waals surface area contributed by atoms with E-state index in [1.807, 2.05) is 18.8 Å². The highest BCUT2D eigenvalue weighted by atomic mass is 32.2. The number of imidazole rings is 1. The standard InChI is InChI=1S/C27H44N8O3S/c1-35-18-30-23-24(35)33-26(34-25(23)37)29-16-12-8-6-4-2-3-5-7-11-15-28-21(36)14-10-9-13-20-22-19(17-39-20)31-27(38)32-22/h18-20,22H,2-17H2,1H3,(H,28,36)(H2,31,32,38)(H2,29,33,34,37)/t19-,20-,22-/m1/s1. The van der Waals surface area contributed by atoms with Crippen molar-refractivity contribution in [1.82, 2.24) is 35.5 Å². The molecule has 2 saturated heterocycles. The predicted molar refractivity (Wildman–Crippen MR) is 156 cm³/mol. The van der Waals surface area contributed by atoms with Gasteiger partial charge in [0.05, 0.1) is 18.4 Å². The van der Waals surface area contributed by atoms with Crippen molar-refractivity contribution in [3.05, 3.63) is 16.7 Å². The number of anilines is 1. The van der Waals surface area contributed by atoms with Crippen molar-refractivity contribution in [2.24, 2.45) is 7.05 Å². The smallest absolute Gasteiger partial charge is 0.315 e. The maximum atomic E-state index is 12.1. The highest BCUT2D eigenvalue weighted by molar-refractivity contribution is 8.00. The Labute approximate surface area is 234 Å². The third-order valence-electron chi connectivity index (χ3n) is 7.62. The number of carbonyl (C=O) groups is 2. The van der Waals surface area contributed by atoms with Gasteiger partial charge in [-0.1, -0.05) is 51.4 Å².